The van der Waals surface area contributed by atoms with Gasteiger partial charge in [-0.1, -0.05) is 30.3 Å². The fraction of sp³-hybridized carbons (Fsp3) is 0.407. The number of hydrogen-bond donors (Lipinski definition) is 3. The van der Waals surface area contributed by atoms with Gasteiger partial charge in [-0.05, 0) is 71.4 Å². The van der Waals surface area contributed by atoms with Crippen LogP contribution in [0.3, 0.4) is 0 Å². The van der Waals surface area contributed by atoms with E-state index in [2.05, 4.69) is 16.0 Å². The predicted molar refractivity (Wildman–Crippen MR) is 137 cm³/mol. The molecule has 0 fully saturated rings. The summed E-state index contributed by atoms with van der Waals surface area (Å²) in [7, 11) is 0. The van der Waals surface area contributed by atoms with E-state index in [-0.39, 0.29) is 6.42 Å². The molecule has 0 saturated heterocycles. The van der Waals surface area contributed by atoms with E-state index < -0.39 is 47.5 Å². The van der Waals surface area contributed by atoms with Gasteiger partial charge in [-0.3, -0.25) is 14.4 Å². The molecule has 9 nitrogen and oxygen atoms in total. The van der Waals surface area contributed by atoms with E-state index in [1.165, 1.54) is 0 Å². The van der Waals surface area contributed by atoms with E-state index in [0.717, 1.165) is 5.56 Å². The van der Waals surface area contributed by atoms with Crippen LogP contribution in [0.25, 0.3) is 0 Å². The highest BCUT2D eigenvalue weighted by molar-refractivity contribution is 6.02. The van der Waals surface area contributed by atoms with Gasteiger partial charge in [0, 0.05) is 17.8 Å². The third-order valence-corrected chi connectivity index (χ3v) is 4.45. The van der Waals surface area contributed by atoms with E-state index >= 15 is 0 Å². The summed E-state index contributed by atoms with van der Waals surface area (Å²) in [6.45, 7) is 10.4. The number of carbonyl (C=O) groups is 4. The maximum atomic E-state index is 13.0. The van der Waals surface area contributed by atoms with E-state index in [1.54, 1.807) is 65.8 Å². The lowest BCUT2D eigenvalue weighted by molar-refractivity contribution is -0.155. The number of amides is 3. The molecule has 0 aromatic heterocycles. The first kappa shape index (κ1) is 28.4. The van der Waals surface area contributed by atoms with E-state index in [0.29, 0.717) is 11.4 Å². The molecular formula is C27H35N3O6. The Balaban J connectivity index is 2.01. The number of nitrogens with one attached hydrogen (secondary N) is 3. The number of esters is 1. The average Bonchev–Trinajstić information content (AvgIpc) is 2.72. The summed E-state index contributed by atoms with van der Waals surface area (Å²) in [5, 5.41) is 8.03. The molecule has 3 N–H and O–H groups in total. The smallest absolute Gasteiger partial charge is 0.408 e. The number of carbonyl (C=O) groups excluding carboxylic acids is 4. The van der Waals surface area contributed by atoms with Crippen molar-refractivity contribution in [3.8, 4) is 0 Å². The summed E-state index contributed by atoms with van der Waals surface area (Å²) in [6.07, 6.45) is -0.834. The van der Waals surface area contributed by atoms with Gasteiger partial charge in [0.2, 0.25) is 11.8 Å². The van der Waals surface area contributed by atoms with Crippen LogP contribution in [0.15, 0.2) is 54.6 Å². The minimum absolute atomic E-state index is 0.269. The first-order valence-electron chi connectivity index (χ1n) is 11.7. The number of benzene rings is 2. The summed E-state index contributed by atoms with van der Waals surface area (Å²) < 4.78 is 10.5. The molecule has 0 aliphatic rings. The van der Waals surface area contributed by atoms with Gasteiger partial charge >= 0.3 is 12.1 Å². The molecule has 36 heavy (non-hydrogen) atoms. The highest BCUT2D eigenvalue weighted by Gasteiger charge is 2.25. The Hall–Kier alpha value is -3.88. The van der Waals surface area contributed by atoms with Crippen molar-refractivity contribution < 1.29 is 28.7 Å². The first-order chi connectivity index (χ1) is 16.7. The van der Waals surface area contributed by atoms with Crippen molar-refractivity contribution in [3.63, 3.8) is 0 Å². The normalized spacial score (nSPS) is 12.2. The molecule has 0 heterocycles. The molecule has 0 radical (unpaired) electrons. The molecule has 0 aliphatic carbocycles. The lowest BCUT2D eigenvalue weighted by atomic mass is 10.1. The Morgan fingerprint density at radius 3 is 1.81 bits per heavy atom. The SMILES string of the molecule is CC(C)(C)OC(=O)CC(=O)Nc1ccc(NC(=O)[C@H](Cc2ccccc2)NC(=O)OC(C)(C)C)cc1. The van der Waals surface area contributed by atoms with Crippen LogP contribution < -0.4 is 16.0 Å². The molecule has 194 valence electrons. The second-order valence-electron chi connectivity index (χ2n) is 10.3. The quantitative estimate of drug-likeness (QED) is 0.366. The van der Waals surface area contributed by atoms with Crippen molar-refractivity contribution in [2.75, 3.05) is 10.6 Å². The zero-order chi connectivity index (χ0) is 26.9. The van der Waals surface area contributed by atoms with Crippen LogP contribution in [0.1, 0.15) is 53.5 Å². The number of anilines is 2. The van der Waals surface area contributed by atoms with Crippen molar-refractivity contribution in [1.29, 1.82) is 0 Å². The number of alkyl carbamates (subject to hydrolysis) is 1. The second-order valence-corrected chi connectivity index (χ2v) is 10.3. The van der Waals surface area contributed by atoms with Gasteiger partial charge in [0.15, 0.2) is 0 Å². The monoisotopic (exact) mass is 497 g/mol. The summed E-state index contributed by atoms with van der Waals surface area (Å²) >= 11 is 0. The first-order valence-corrected chi connectivity index (χ1v) is 11.7. The van der Waals surface area contributed by atoms with Gasteiger partial charge in [-0.25, -0.2) is 4.79 Å². The summed E-state index contributed by atoms with van der Waals surface area (Å²) in [6, 6.07) is 14.8. The van der Waals surface area contributed by atoms with Gasteiger partial charge in [0.25, 0.3) is 0 Å². The van der Waals surface area contributed by atoms with Gasteiger partial charge in [-0.2, -0.15) is 0 Å². The molecule has 1 atom stereocenters. The average molecular weight is 498 g/mol. The second kappa shape index (κ2) is 12.2. The molecular weight excluding hydrogens is 462 g/mol. The van der Waals surface area contributed by atoms with Crippen LogP contribution >= 0.6 is 0 Å². The van der Waals surface area contributed by atoms with Crippen LogP contribution in [0.5, 0.6) is 0 Å². The van der Waals surface area contributed by atoms with Gasteiger partial charge < -0.3 is 25.4 Å². The van der Waals surface area contributed by atoms with Crippen LogP contribution in [-0.2, 0) is 30.3 Å². The molecule has 2 aromatic rings. The van der Waals surface area contributed by atoms with E-state index in [1.807, 2.05) is 30.3 Å². The fourth-order valence-electron chi connectivity index (χ4n) is 3.09. The van der Waals surface area contributed by atoms with Gasteiger partial charge in [-0.15, -0.1) is 0 Å². The molecule has 0 bridgehead atoms. The third kappa shape index (κ3) is 11.0. The largest absolute Gasteiger partial charge is 0.460 e. The Morgan fingerprint density at radius 2 is 1.28 bits per heavy atom. The highest BCUT2D eigenvalue weighted by atomic mass is 16.6. The topological polar surface area (TPSA) is 123 Å². The minimum atomic E-state index is -0.879. The number of hydrogen-bond acceptors (Lipinski definition) is 6. The zero-order valence-electron chi connectivity index (χ0n) is 21.6. The van der Waals surface area contributed by atoms with Crippen molar-refractivity contribution in [1.82, 2.24) is 5.32 Å². The van der Waals surface area contributed by atoms with Gasteiger partial charge in [0.05, 0.1) is 0 Å². The highest BCUT2D eigenvalue weighted by Crippen LogP contribution is 2.16. The van der Waals surface area contributed by atoms with Crippen LogP contribution in [0, 0.1) is 0 Å². The van der Waals surface area contributed by atoms with Crippen molar-refractivity contribution in [2.45, 2.75) is 71.6 Å². The lowest BCUT2D eigenvalue weighted by Gasteiger charge is -2.23. The zero-order valence-corrected chi connectivity index (χ0v) is 21.6. The molecule has 9 heteroatoms. The summed E-state index contributed by atoms with van der Waals surface area (Å²) in [4.78, 5) is 49.3. The Morgan fingerprint density at radius 1 is 0.750 bits per heavy atom. The van der Waals surface area contributed by atoms with Crippen molar-refractivity contribution in [2.24, 2.45) is 0 Å². The Labute approximate surface area is 211 Å². The number of ether oxygens (including phenoxy) is 2. The van der Waals surface area contributed by atoms with Crippen molar-refractivity contribution >= 4 is 35.3 Å². The van der Waals surface area contributed by atoms with Crippen molar-refractivity contribution in [3.05, 3.63) is 60.2 Å². The molecule has 2 aromatic carbocycles. The summed E-state index contributed by atoms with van der Waals surface area (Å²) in [5.74, 6) is -1.55. The molecule has 0 aliphatic heterocycles. The molecule has 0 spiro atoms. The molecule has 2 rings (SSSR count). The number of rotatable bonds is 8. The minimum Gasteiger partial charge on any atom is -0.460 e. The Bertz CT molecular complexity index is 1050. The lowest BCUT2D eigenvalue weighted by Crippen LogP contribution is -2.47. The van der Waals surface area contributed by atoms with Crippen LogP contribution in [0.4, 0.5) is 16.2 Å². The Kier molecular flexibility index (Phi) is 9.60. The molecule has 0 saturated carbocycles. The van der Waals surface area contributed by atoms with Gasteiger partial charge in [0.1, 0.15) is 23.7 Å². The molecule has 3 amide bonds. The maximum absolute atomic E-state index is 13.0. The molecule has 0 unspecified atom stereocenters. The van der Waals surface area contributed by atoms with Crippen LogP contribution in [-0.4, -0.2) is 41.1 Å². The third-order valence-electron chi connectivity index (χ3n) is 4.45. The predicted octanol–water partition coefficient (Wildman–Crippen LogP) is 4.43. The van der Waals surface area contributed by atoms with E-state index in [4.69, 9.17) is 9.47 Å². The maximum Gasteiger partial charge on any atom is 0.408 e. The standard InChI is InChI=1S/C27H35N3O6/c1-26(2,3)35-23(32)17-22(31)28-19-12-14-20(15-13-19)29-24(33)21(16-18-10-8-7-9-11-18)30-25(34)36-27(4,5)6/h7-15,21H,16-17H2,1-6H3,(H,28,31)(H,29,33)(H,30,34)/t21-/m0/s1. The van der Waals surface area contributed by atoms with Crippen LogP contribution in [0.2, 0.25) is 0 Å². The fourth-order valence-corrected chi connectivity index (χ4v) is 3.09. The summed E-state index contributed by atoms with van der Waals surface area (Å²) in [5.41, 5.74) is 0.412. The van der Waals surface area contributed by atoms with E-state index in [9.17, 15) is 19.2 Å².